The molecular weight excluding hydrogens is 520 g/mol. The van der Waals surface area contributed by atoms with Gasteiger partial charge in [-0.2, -0.15) is 9.78 Å². The summed E-state index contributed by atoms with van der Waals surface area (Å²) in [7, 11) is -3.55. The SMILES string of the molecule is C[C@@H]1CN(C(=O)c2ccc(-n3ncnc3[C@H](C)NC(=O)c3cc(Cl)cc(S(C)(=O)=O)c3)nc2)C[C@H](C)O1. The maximum Gasteiger partial charge on any atom is 0.255 e. The number of amides is 2. The Bertz CT molecular complexity index is 1420. The quantitative estimate of drug-likeness (QED) is 0.498. The fourth-order valence-corrected chi connectivity index (χ4v) is 5.12. The second-order valence-corrected chi connectivity index (χ2v) is 11.5. The second kappa shape index (κ2) is 10.6. The molecule has 0 bridgehead atoms. The van der Waals surface area contributed by atoms with E-state index in [1.807, 2.05) is 13.8 Å². The molecule has 4 rings (SSSR count). The zero-order valence-electron chi connectivity index (χ0n) is 20.8. The molecule has 0 aliphatic carbocycles. The van der Waals surface area contributed by atoms with Gasteiger partial charge < -0.3 is 15.0 Å². The summed E-state index contributed by atoms with van der Waals surface area (Å²) in [5, 5.41) is 7.12. The van der Waals surface area contributed by atoms with Gasteiger partial charge in [-0.05, 0) is 51.1 Å². The van der Waals surface area contributed by atoms with Gasteiger partial charge >= 0.3 is 0 Å². The van der Waals surface area contributed by atoms with Crippen molar-refractivity contribution in [3.05, 3.63) is 64.8 Å². The summed E-state index contributed by atoms with van der Waals surface area (Å²) < 4.78 is 31.0. The lowest BCUT2D eigenvalue weighted by Crippen LogP contribution is -2.48. The van der Waals surface area contributed by atoms with Crippen molar-refractivity contribution in [3.8, 4) is 5.82 Å². The molecule has 196 valence electrons. The maximum absolute atomic E-state index is 12.9. The van der Waals surface area contributed by atoms with Gasteiger partial charge in [-0.15, -0.1) is 0 Å². The van der Waals surface area contributed by atoms with E-state index < -0.39 is 21.8 Å². The van der Waals surface area contributed by atoms with Crippen molar-refractivity contribution in [2.45, 2.75) is 43.9 Å². The Morgan fingerprint density at radius 2 is 1.81 bits per heavy atom. The molecule has 2 amide bonds. The highest BCUT2D eigenvalue weighted by Crippen LogP contribution is 2.21. The lowest BCUT2D eigenvalue weighted by molar-refractivity contribution is -0.0586. The van der Waals surface area contributed by atoms with Crippen LogP contribution in [0.2, 0.25) is 5.02 Å². The lowest BCUT2D eigenvalue weighted by Gasteiger charge is -2.35. The molecule has 1 saturated heterocycles. The zero-order valence-corrected chi connectivity index (χ0v) is 22.3. The number of rotatable bonds is 6. The normalized spacial score (nSPS) is 18.9. The summed E-state index contributed by atoms with van der Waals surface area (Å²) in [5.74, 6) is 0.143. The first-order valence-electron chi connectivity index (χ1n) is 11.5. The molecule has 2 aromatic heterocycles. The van der Waals surface area contributed by atoms with E-state index in [9.17, 15) is 18.0 Å². The highest BCUT2D eigenvalue weighted by Gasteiger charge is 2.27. The van der Waals surface area contributed by atoms with Crippen LogP contribution in [0.15, 0.2) is 47.8 Å². The van der Waals surface area contributed by atoms with Gasteiger partial charge in [0, 0.05) is 36.1 Å². The third-order valence-corrected chi connectivity index (χ3v) is 7.10. The van der Waals surface area contributed by atoms with Crippen LogP contribution in [0, 0.1) is 0 Å². The van der Waals surface area contributed by atoms with Gasteiger partial charge in [-0.25, -0.2) is 18.4 Å². The summed E-state index contributed by atoms with van der Waals surface area (Å²) in [5.41, 5.74) is 0.536. The van der Waals surface area contributed by atoms with E-state index in [1.54, 1.807) is 24.0 Å². The Labute approximate surface area is 219 Å². The van der Waals surface area contributed by atoms with Gasteiger partial charge in [0.25, 0.3) is 11.8 Å². The summed E-state index contributed by atoms with van der Waals surface area (Å²) in [4.78, 5) is 36.1. The first-order chi connectivity index (χ1) is 17.4. The van der Waals surface area contributed by atoms with Gasteiger partial charge in [0.2, 0.25) is 0 Å². The van der Waals surface area contributed by atoms with Gasteiger partial charge in [0.1, 0.15) is 6.33 Å². The minimum absolute atomic E-state index is 0.0424. The van der Waals surface area contributed by atoms with Crippen LogP contribution in [-0.2, 0) is 14.6 Å². The molecule has 3 atom stereocenters. The predicted octanol–water partition coefficient (Wildman–Crippen LogP) is 2.46. The molecule has 3 heterocycles. The number of ether oxygens (including phenoxy) is 1. The summed E-state index contributed by atoms with van der Waals surface area (Å²) in [6.45, 7) is 6.58. The number of carbonyl (C=O) groups excluding carboxylic acids is 2. The third-order valence-electron chi connectivity index (χ3n) is 5.79. The standard InChI is InChI=1S/C24H27ClN6O5S/c1-14-11-30(12-15(2)36-14)24(33)17-5-6-21(26-10-17)31-22(27-13-28-31)16(3)29-23(32)18-7-19(25)9-20(8-18)37(4,34)35/h5-10,13-16H,11-12H2,1-4H3,(H,29,32)/t14-,15+,16-/m0/s1. The molecule has 1 aliphatic rings. The van der Waals surface area contributed by atoms with Gasteiger partial charge in [-0.3, -0.25) is 9.59 Å². The Hall–Kier alpha value is -3.35. The highest BCUT2D eigenvalue weighted by molar-refractivity contribution is 7.90. The Balaban J connectivity index is 1.50. The number of benzene rings is 1. The van der Waals surface area contributed by atoms with E-state index in [-0.39, 0.29) is 33.6 Å². The van der Waals surface area contributed by atoms with Crippen LogP contribution in [0.4, 0.5) is 0 Å². The monoisotopic (exact) mass is 546 g/mol. The maximum atomic E-state index is 12.9. The predicted molar refractivity (Wildman–Crippen MR) is 136 cm³/mol. The fourth-order valence-electron chi connectivity index (χ4n) is 4.14. The van der Waals surface area contributed by atoms with Gasteiger partial charge in [0.05, 0.1) is 28.7 Å². The first-order valence-corrected chi connectivity index (χ1v) is 13.8. The van der Waals surface area contributed by atoms with E-state index in [4.69, 9.17) is 16.3 Å². The Morgan fingerprint density at radius 1 is 1.11 bits per heavy atom. The van der Waals surface area contributed by atoms with Crippen molar-refractivity contribution in [1.82, 2.24) is 30.0 Å². The van der Waals surface area contributed by atoms with Crippen LogP contribution < -0.4 is 5.32 Å². The molecule has 11 nitrogen and oxygen atoms in total. The zero-order chi connectivity index (χ0) is 26.9. The topological polar surface area (TPSA) is 136 Å². The molecule has 37 heavy (non-hydrogen) atoms. The molecule has 0 unspecified atom stereocenters. The van der Waals surface area contributed by atoms with Crippen molar-refractivity contribution >= 4 is 33.3 Å². The third kappa shape index (κ3) is 6.14. The van der Waals surface area contributed by atoms with Crippen LogP contribution in [0.5, 0.6) is 0 Å². The van der Waals surface area contributed by atoms with Crippen LogP contribution in [0.25, 0.3) is 5.82 Å². The number of nitrogens with zero attached hydrogens (tertiary/aromatic N) is 5. The fraction of sp³-hybridized carbons (Fsp3) is 0.375. The number of sulfone groups is 1. The van der Waals surface area contributed by atoms with Crippen molar-refractivity contribution in [2.24, 2.45) is 0 Å². The Kier molecular flexibility index (Phi) is 7.62. The van der Waals surface area contributed by atoms with Crippen molar-refractivity contribution in [2.75, 3.05) is 19.3 Å². The molecule has 1 fully saturated rings. The average Bonchev–Trinajstić information content (AvgIpc) is 3.32. The number of halogens is 1. The number of carbonyl (C=O) groups is 2. The Morgan fingerprint density at radius 3 is 2.43 bits per heavy atom. The number of hydrogen-bond acceptors (Lipinski definition) is 8. The van der Waals surface area contributed by atoms with E-state index >= 15 is 0 Å². The van der Waals surface area contributed by atoms with Crippen LogP contribution in [0.3, 0.4) is 0 Å². The van der Waals surface area contributed by atoms with Gasteiger partial charge in [0.15, 0.2) is 21.5 Å². The molecule has 0 radical (unpaired) electrons. The van der Waals surface area contributed by atoms with Crippen molar-refractivity contribution < 1.29 is 22.7 Å². The smallest absolute Gasteiger partial charge is 0.255 e. The lowest BCUT2D eigenvalue weighted by atomic mass is 10.2. The van der Waals surface area contributed by atoms with Crippen LogP contribution >= 0.6 is 11.6 Å². The number of nitrogens with one attached hydrogen (secondary N) is 1. The molecule has 0 saturated carbocycles. The van der Waals surface area contributed by atoms with E-state index in [1.165, 1.54) is 35.4 Å². The molecule has 13 heteroatoms. The summed E-state index contributed by atoms with van der Waals surface area (Å²) >= 11 is 6.03. The molecule has 3 aromatic rings. The minimum Gasteiger partial charge on any atom is -0.372 e. The van der Waals surface area contributed by atoms with Gasteiger partial charge in [-0.1, -0.05) is 11.6 Å². The van der Waals surface area contributed by atoms with Crippen LogP contribution in [0.1, 0.15) is 53.4 Å². The first kappa shape index (κ1) is 26.7. The number of morpholine rings is 1. The molecule has 1 aromatic carbocycles. The largest absolute Gasteiger partial charge is 0.372 e. The van der Waals surface area contributed by atoms with E-state index in [2.05, 4.69) is 20.4 Å². The summed E-state index contributed by atoms with van der Waals surface area (Å²) in [6, 6.07) is 6.65. The average molecular weight is 547 g/mol. The minimum atomic E-state index is -3.55. The van der Waals surface area contributed by atoms with Crippen LogP contribution in [-0.4, -0.2) is 76.4 Å². The second-order valence-electron chi connectivity index (χ2n) is 9.05. The number of hydrogen-bond donors (Lipinski definition) is 1. The van der Waals surface area contributed by atoms with Crippen molar-refractivity contribution in [3.63, 3.8) is 0 Å². The number of pyridine rings is 1. The molecule has 1 aliphatic heterocycles. The summed E-state index contributed by atoms with van der Waals surface area (Å²) in [6.07, 6.45) is 3.77. The van der Waals surface area contributed by atoms with E-state index in [0.29, 0.717) is 30.3 Å². The van der Waals surface area contributed by atoms with Crippen molar-refractivity contribution in [1.29, 1.82) is 0 Å². The molecule has 1 N–H and O–H groups in total. The molecular formula is C24H27ClN6O5S. The highest BCUT2D eigenvalue weighted by atomic mass is 35.5. The van der Waals surface area contributed by atoms with E-state index in [0.717, 1.165) is 6.26 Å². The molecule has 0 spiro atoms. The number of aromatic nitrogens is 4.